The monoisotopic (exact) mass is 249 g/mol. The van der Waals surface area contributed by atoms with E-state index >= 15 is 0 Å². The quantitative estimate of drug-likeness (QED) is 0.723. The van der Waals surface area contributed by atoms with Gasteiger partial charge in [0.05, 0.1) is 12.2 Å². The van der Waals surface area contributed by atoms with Crippen molar-refractivity contribution in [2.45, 2.75) is 32.6 Å². The van der Waals surface area contributed by atoms with Crippen LogP contribution in [0.3, 0.4) is 0 Å². The Bertz CT molecular complexity index is 468. The van der Waals surface area contributed by atoms with E-state index in [2.05, 4.69) is 10.1 Å². The number of ether oxygens (including phenoxy) is 1. The van der Waals surface area contributed by atoms with E-state index in [0.29, 0.717) is 13.1 Å². The van der Waals surface area contributed by atoms with Crippen LogP contribution in [0.5, 0.6) is 0 Å². The summed E-state index contributed by atoms with van der Waals surface area (Å²) in [6.07, 6.45) is 1.48. The van der Waals surface area contributed by atoms with Gasteiger partial charge in [-0.15, -0.1) is 5.10 Å². The number of nitrogens with zero attached hydrogens (tertiary/aromatic N) is 5. The first-order chi connectivity index (χ1) is 8.58. The summed E-state index contributed by atoms with van der Waals surface area (Å²) in [6, 6.07) is 1.83. The van der Waals surface area contributed by atoms with E-state index in [1.807, 2.05) is 19.9 Å². The number of rotatable bonds is 2. The molecule has 1 aliphatic heterocycles. The number of hydrogen-bond acceptors (Lipinski definition) is 5. The van der Waals surface area contributed by atoms with Crippen LogP contribution in [0, 0.1) is 11.3 Å². The lowest BCUT2D eigenvalue weighted by Crippen LogP contribution is -2.49. The van der Waals surface area contributed by atoms with Crippen molar-refractivity contribution < 1.29 is 9.53 Å². The highest BCUT2D eigenvalue weighted by molar-refractivity contribution is 5.76. The molecule has 0 radical (unpaired) electrons. The first kappa shape index (κ1) is 12.5. The summed E-state index contributed by atoms with van der Waals surface area (Å²) >= 11 is 0. The summed E-state index contributed by atoms with van der Waals surface area (Å²) in [7, 11) is 0. The molecule has 96 valence electrons. The van der Waals surface area contributed by atoms with Crippen molar-refractivity contribution >= 4 is 5.91 Å². The van der Waals surface area contributed by atoms with E-state index in [0.717, 1.165) is 0 Å². The normalized spacial score (nSPS) is 23.7. The van der Waals surface area contributed by atoms with Gasteiger partial charge < -0.3 is 9.64 Å². The van der Waals surface area contributed by atoms with Crippen molar-refractivity contribution in [1.29, 1.82) is 5.26 Å². The van der Waals surface area contributed by atoms with Crippen molar-refractivity contribution in [3.8, 4) is 6.07 Å². The van der Waals surface area contributed by atoms with Crippen LogP contribution in [0.15, 0.2) is 6.33 Å². The molecule has 0 bridgehead atoms. The Morgan fingerprint density at radius 1 is 1.56 bits per heavy atom. The van der Waals surface area contributed by atoms with Gasteiger partial charge in [-0.25, -0.2) is 9.67 Å². The Morgan fingerprint density at radius 3 is 2.78 bits per heavy atom. The lowest BCUT2D eigenvalue weighted by atomic mass is 10.2. The largest absolute Gasteiger partial charge is 0.372 e. The second-order valence-electron chi connectivity index (χ2n) is 4.43. The van der Waals surface area contributed by atoms with Crippen molar-refractivity contribution in [3.05, 3.63) is 12.2 Å². The smallest absolute Gasteiger partial charge is 0.252 e. The Labute approximate surface area is 105 Å². The highest BCUT2D eigenvalue weighted by Crippen LogP contribution is 2.11. The van der Waals surface area contributed by atoms with Gasteiger partial charge >= 0.3 is 0 Å². The Kier molecular flexibility index (Phi) is 3.58. The molecule has 18 heavy (non-hydrogen) atoms. The molecule has 1 amide bonds. The van der Waals surface area contributed by atoms with Crippen molar-refractivity contribution in [3.63, 3.8) is 0 Å². The molecule has 0 aromatic carbocycles. The topological polar surface area (TPSA) is 84.0 Å². The molecule has 0 spiro atoms. The third-order valence-electron chi connectivity index (χ3n) is 2.71. The molecule has 0 unspecified atom stereocenters. The average molecular weight is 249 g/mol. The maximum Gasteiger partial charge on any atom is 0.252 e. The zero-order valence-electron chi connectivity index (χ0n) is 10.4. The Morgan fingerprint density at radius 2 is 2.22 bits per heavy atom. The number of carbonyl (C=O) groups excluding carboxylic acids is 1. The predicted octanol–water partition coefficient (Wildman–Crippen LogP) is -0.214. The van der Waals surface area contributed by atoms with E-state index in [1.54, 1.807) is 4.90 Å². The summed E-state index contributed by atoms with van der Waals surface area (Å²) in [5.41, 5.74) is 0. The Hall–Kier alpha value is -1.94. The first-order valence-corrected chi connectivity index (χ1v) is 5.81. The van der Waals surface area contributed by atoms with Crippen LogP contribution in [-0.2, 0) is 16.1 Å². The zero-order valence-corrected chi connectivity index (χ0v) is 10.4. The maximum absolute atomic E-state index is 12.1. The molecule has 7 nitrogen and oxygen atoms in total. The second-order valence-corrected chi connectivity index (χ2v) is 4.43. The van der Waals surface area contributed by atoms with Crippen molar-refractivity contribution in [2.24, 2.45) is 0 Å². The van der Waals surface area contributed by atoms with Crippen LogP contribution in [0.4, 0.5) is 0 Å². The molecule has 0 saturated carbocycles. The number of amides is 1. The fourth-order valence-electron chi connectivity index (χ4n) is 2.04. The van der Waals surface area contributed by atoms with Crippen LogP contribution in [0.25, 0.3) is 0 Å². The van der Waals surface area contributed by atoms with Crippen LogP contribution >= 0.6 is 0 Å². The van der Waals surface area contributed by atoms with E-state index in [4.69, 9.17) is 10.00 Å². The second kappa shape index (κ2) is 5.14. The molecule has 0 aliphatic carbocycles. The fourth-order valence-corrected chi connectivity index (χ4v) is 2.04. The molecule has 1 fully saturated rings. The molecule has 0 N–H and O–H groups in total. The minimum atomic E-state index is -0.0358. The molecule has 2 atom stereocenters. The third kappa shape index (κ3) is 2.84. The van der Waals surface area contributed by atoms with E-state index in [-0.39, 0.29) is 30.5 Å². The van der Waals surface area contributed by atoms with Crippen LogP contribution in [-0.4, -0.2) is 50.9 Å². The highest BCUT2D eigenvalue weighted by atomic mass is 16.5. The lowest BCUT2D eigenvalue weighted by Gasteiger charge is -2.35. The molecule has 1 aliphatic rings. The lowest BCUT2D eigenvalue weighted by molar-refractivity contribution is -0.144. The van der Waals surface area contributed by atoms with Gasteiger partial charge in [-0.05, 0) is 13.8 Å². The molecule has 1 saturated heterocycles. The summed E-state index contributed by atoms with van der Waals surface area (Å²) in [5.74, 6) is 0.0397. The first-order valence-electron chi connectivity index (χ1n) is 5.81. The average Bonchev–Trinajstić information content (AvgIpc) is 2.75. The number of nitriles is 1. The fraction of sp³-hybridized carbons (Fsp3) is 0.636. The minimum absolute atomic E-state index is 0.0358. The van der Waals surface area contributed by atoms with E-state index < -0.39 is 0 Å². The van der Waals surface area contributed by atoms with Gasteiger partial charge in [0, 0.05) is 13.1 Å². The summed E-state index contributed by atoms with van der Waals surface area (Å²) in [4.78, 5) is 17.6. The number of hydrogen-bond donors (Lipinski definition) is 0. The van der Waals surface area contributed by atoms with E-state index in [1.165, 1.54) is 11.0 Å². The molecule has 1 aromatic heterocycles. The molecular weight excluding hydrogens is 234 g/mol. The number of morpholine rings is 1. The van der Waals surface area contributed by atoms with Crippen LogP contribution < -0.4 is 0 Å². The number of aromatic nitrogens is 3. The van der Waals surface area contributed by atoms with Gasteiger partial charge in [0.15, 0.2) is 0 Å². The number of carbonyl (C=O) groups is 1. The third-order valence-corrected chi connectivity index (χ3v) is 2.71. The summed E-state index contributed by atoms with van der Waals surface area (Å²) in [6.45, 7) is 5.17. The van der Waals surface area contributed by atoms with Gasteiger partial charge in [-0.2, -0.15) is 5.26 Å². The SMILES string of the molecule is C[C@@H]1CN(C(=O)Cn2cnc(C#N)n2)C[C@@H](C)O1. The van der Waals surface area contributed by atoms with Gasteiger partial charge in [0.2, 0.25) is 5.91 Å². The minimum Gasteiger partial charge on any atom is -0.372 e. The molecule has 2 rings (SSSR count). The molecular formula is C11H15N5O2. The summed E-state index contributed by atoms with van der Waals surface area (Å²) < 4.78 is 6.95. The van der Waals surface area contributed by atoms with Crippen molar-refractivity contribution in [1.82, 2.24) is 19.7 Å². The van der Waals surface area contributed by atoms with Crippen LogP contribution in [0.1, 0.15) is 19.7 Å². The molecule has 1 aromatic rings. The Balaban J connectivity index is 1.97. The van der Waals surface area contributed by atoms with Gasteiger partial charge in [-0.3, -0.25) is 4.79 Å². The van der Waals surface area contributed by atoms with Gasteiger partial charge in [0.25, 0.3) is 5.82 Å². The maximum atomic E-state index is 12.1. The summed E-state index contributed by atoms with van der Waals surface area (Å²) in [5, 5.41) is 12.5. The predicted molar refractivity (Wildman–Crippen MR) is 61.3 cm³/mol. The van der Waals surface area contributed by atoms with Crippen molar-refractivity contribution in [2.75, 3.05) is 13.1 Å². The van der Waals surface area contributed by atoms with E-state index in [9.17, 15) is 4.79 Å². The van der Waals surface area contributed by atoms with Gasteiger partial charge in [-0.1, -0.05) is 0 Å². The van der Waals surface area contributed by atoms with Crippen LogP contribution in [0.2, 0.25) is 0 Å². The highest BCUT2D eigenvalue weighted by Gasteiger charge is 2.25. The molecule has 2 heterocycles. The van der Waals surface area contributed by atoms with Gasteiger partial charge in [0.1, 0.15) is 18.9 Å². The molecule has 7 heteroatoms. The zero-order chi connectivity index (χ0) is 13.1. The standard InChI is InChI=1S/C11H15N5O2/c1-8-4-15(5-9(2)18-8)11(17)6-16-7-13-10(3-12)14-16/h7-9H,4-6H2,1-2H3/t8-,9-/m1/s1.